The molecule has 2 aromatic rings. The minimum absolute atomic E-state index is 0.0939. The highest BCUT2D eigenvalue weighted by molar-refractivity contribution is 5.97. The van der Waals surface area contributed by atoms with Crippen molar-refractivity contribution in [1.29, 1.82) is 0 Å². The standard InChI is InChI=1S/C13H9F2NO5/c1-6-10(12(17)18-2)11(16-21-6)7-3-4-8-9(5-7)20-13(14,15)19-8/h3-5H,1-2H3. The number of hydrogen-bond acceptors (Lipinski definition) is 6. The number of carbonyl (C=O) groups is 1. The molecule has 1 aromatic carbocycles. The molecule has 1 aromatic heterocycles. The Bertz CT molecular complexity index is 725. The lowest BCUT2D eigenvalue weighted by atomic mass is 10.1. The first-order chi connectivity index (χ1) is 9.91. The van der Waals surface area contributed by atoms with Gasteiger partial charge < -0.3 is 18.7 Å². The van der Waals surface area contributed by atoms with Crippen molar-refractivity contribution in [3.8, 4) is 22.8 Å². The van der Waals surface area contributed by atoms with E-state index >= 15 is 0 Å². The maximum atomic E-state index is 13.0. The van der Waals surface area contributed by atoms with Crippen LogP contribution in [0.25, 0.3) is 11.3 Å². The number of nitrogens with zero attached hydrogens (tertiary/aromatic N) is 1. The number of ether oxygens (including phenoxy) is 3. The van der Waals surface area contributed by atoms with Crippen molar-refractivity contribution in [2.24, 2.45) is 0 Å². The molecule has 0 fully saturated rings. The first kappa shape index (κ1) is 13.3. The molecular formula is C13H9F2NO5. The molecule has 0 atom stereocenters. The molecule has 1 aliphatic rings. The van der Waals surface area contributed by atoms with E-state index in [0.29, 0.717) is 5.56 Å². The molecule has 110 valence electrons. The lowest BCUT2D eigenvalue weighted by Crippen LogP contribution is -2.25. The summed E-state index contributed by atoms with van der Waals surface area (Å²) in [5, 5.41) is 3.76. The van der Waals surface area contributed by atoms with Gasteiger partial charge in [0.2, 0.25) is 0 Å². The van der Waals surface area contributed by atoms with Crippen LogP contribution in [0.1, 0.15) is 16.1 Å². The second kappa shape index (κ2) is 4.44. The van der Waals surface area contributed by atoms with Crippen LogP contribution in [0.5, 0.6) is 11.5 Å². The fourth-order valence-corrected chi connectivity index (χ4v) is 2.01. The Kier molecular flexibility index (Phi) is 2.82. The average molecular weight is 297 g/mol. The predicted octanol–water partition coefficient (Wildman–Crippen LogP) is 2.76. The summed E-state index contributed by atoms with van der Waals surface area (Å²) in [7, 11) is 1.22. The lowest BCUT2D eigenvalue weighted by Gasteiger charge is -2.04. The third kappa shape index (κ3) is 2.18. The Morgan fingerprint density at radius 3 is 2.71 bits per heavy atom. The van der Waals surface area contributed by atoms with Crippen molar-refractivity contribution < 1.29 is 32.3 Å². The molecule has 0 N–H and O–H groups in total. The van der Waals surface area contributed by atoms with Gasteiger partial charge in [-0.05, 0) is 25.1 Å². The highest BCUT2D eigenvalue weighted by Gasteiger charge is 2.43. The van der Waals surface area contributed by atoms with Crippen LogP contribution in [0.15, 0.2) is 22.7 Å². The monoisotopic (exact) mass is 297 g/mol. The van der Waals surface area contributed by atoms with Gasteiger partial charge in [-0.25, -0.2) is 4.79 Å². The Morgan fingerprint density at radius 2 is 2.00 bits per heavy atom. The van der Waals surface area contributed by atoms with Crippen LogP contribution in [0, 0.1) is 6.92 Å². The Labute approximate surface area is 117 Å². The minimum Gasteiger partial charge on any atom is -0.465 e. The summed E-state index contributed by atoms with van der Waals surface area (Å²) in [5.41, 5.74) is 0.677. The van der Waals surface area contributed by atoms with Crippen LogP contribution in [-0.2, 0) is 4.74 Å². The molecule has 1 aliphatic heterocycles. The molecule has 21 heavy (non-hydrogen) atoms. The van der Waals surface area contributed by atoms with Gasteiger partial charge in [-0.3, -0.25) is 0 Å². The zero-order valence-electron chi connectivity index (χ0n) is 11.0. The van der Waals surface area contributed by atoms with Crippen molar-refractivity contribution in [3.63, 3.8) is 0 Å². The summed E-state index contributed by atoms with van der Waals surface area (Å²) in [6.07, 6.45) is -3.70. The summed E-state index contributed by atoms with van der Waals surface area (Å²) in [6.45, 7) is 1.55. The van der Waals surface area contributed by atoms with E-state index in [2.05, 4.69) is 19.4 Å². The average Bonchev–Trinajstić information content (AvgIpc) is 2.95. The van der Waals surface area contributed by atoms with Gasteiger partial charge in [-0.1, -0.05) is 5.16 Å². The van der Waals surface area contributed by atoms with E-state index in [4.69, 9.17) is 4.52 Å². The number of fused-ring (bicyclic) bond motifs is 1. The van der Waals surface area contributed by atoms with Gasteiger partial charge in [0, 0.05) is 5.56 Å². The maximum Gasteiger partial charge on any atom is 0.586 e. The Hall–Kier alpha value is -2.64. The number of aromatic nitrogens is 1. The zero-order chi connectivity index (χ0) is 15.2. The number of aryl methyl sites for hydroxylation is 1. The fraction of sp³-hybridized carbons (Fsp3) is 0.231. The maximum absolute atomic E-state index is 13.0. The fourth-order valence-electron chi connectivity index (χ4n) is 2.01. The van der Waals surface area contributed by atoms with Crippen molar-refractivity contribution in [2.45, 2.75) is 13.2 Å². The van der Waals surface area contributed by atoms with Gasteiger partial charge in [0.15, 0.2) is 11.5 Å². The molecule has 0 radical (unpaired) electrons. The summed E-state index contributed by atoms with van der Waals surface area (Å²) in [6, 6.07) is 4.06. The molecule has 8 heteroatoms. The second-order valence-corrected chi connectivity index (χ2v) is 4.28. The second-order valence-electron chi connectivity index (χ2n) is 4.28. The number of hydrogen-bond donors (Lipinski definition) is 0. The molecule has 0 unspecified atom stereocenters. The Balaban J connectivity index is 2.06. The molecule has 0 spiro atoms. The Morgan fingerprint density at radius 1 is 1.29 bits per heavy atom. The quantitative estimate of drug-likeness (QED) is 0.794. The van der Waals surface area contributed by atoms with Crippen LogP contribution in [0.4, 0.5) is 8.78 Å². The first-order valence-electron chi connectivity index (χ1n) is 5.86. The third-order valence-electron chi connectivity index (χ3n) is 2.93. The third-order valence-corrected chi connectivity index (χ3v) is 2.93. The number of alkyl halides is 2. The molecule has 2 heterocycles. The topological polar surface area (TPSA) is 70.8 Å². The number of benzene rings is 1. The minimum atomic E-state index is -3.70. The smallest absolute Gasteiger partial charge is 0.465 e. The zero-order valence-corrected chi connectivity index (χ0v) is 11.0. The van der Waals surface area contributed by atoms with Crippen LogP contribution in [0.2, 0.25) is 0 Å². The summed E-state index contributed by atoms with van der Waals surface area (Å²) < 4.78 is 44.2. The number of carbonyl (C=O) groups excluding carboxylic acids is 1. The van der Waals surface area contributed by atoms with Gasteiger partial charge >= 0.3 is 12.3 Å². The van der Waals surface area contributed by atoms with E-state index in [1.807, 2.05) is 0 Å². The van der Waals surface area contributed by atoms with Gasteiger partial charge in [0.05, 0.1) is 7.11 Å². The summed E-state index contributed by atoms with van der Waals surface area (Å²) in [4.78, 5) is 11.7. The van der Waals surface area contributed by atoms with Crippen molar-refractivity contribution >= 4 is 5.97 Å². The SMILES string of the molecule is COC(=O)c1c(-c2ccc3c(c2)OC(F)(F)O3)noc1C. The lowest BCUT2D eigenvalue weighted by molar-refractivity contribution is -0.286. The van der Waals surface area contributed by atoms with E-state index in [9.17, 15) is 13.6 Å². The van der Waals surface area contributed by atoms with E-state index in [1.165, 1.54) is 25.3 Å². The van der Waals surface area contributed by atoms with E-state index in [1.54, 1.807) is 6.92 Å². The van der Waals surface area contributed by atoms with E-state index in [-0.39, 0.29) is 28.5 Å². The number of esters is 1. The predicted molar refractivity (Wildman–Crippen MR) is 64.2 cm³/mol. The molecule has 0 bridgehead atoms. The molecule has 0 aliphatic carbocycles. The summed E-state index contributed by atoms with van der Waals surface area (Å²) in [5.74, 6) is -0.607. The van der Waals surface area contributed by atoms with Crippen LogP contribution in [0.3, 0.4) is 0 Å². The number of halogens is 2. The van der Waals surface area contributed by atoms with Crippen molar-refractivity contribution in [3.05, 3.63) is 29.5 Å². The van der Waals surface area contributed by atoms with Crippen molar-refractivity contribution in [2.75, 3.05) is 7.11 Å². The highest BCUT2D eigenvalue weighted by atomic mass is 19.3. The van der Waals surface area contributed by atoms with Gasteiger partial charge in [-0.2, -0.15) is 0 Å². The molecular weight excluding hydrogens is 288 g/mol. The van der Waals surface area contributed by atoms with Crippen LogP contribution in [-0.4, -0.2) is 24.5 Å². The number of methoxy groups -OCH3 is 1. The normalized spacial score (nSPS) is 15.0. The van der Waals surface area contributed by atoms with Gasteiger partial charge in [0.25, 0.3) is 0 Å². The number of rotatable bonds is 2. The van der Waals surface area contributed by atoms with Gasteiger partial charge in [0.1, 0.15) is 17.0 Å². The highest BCUT2D eigenvalue weighted by Crippen LogP contribution is 2.43. The van der Waals surface area contributed by atoms with Crippen LogP contribution < -0.4 is 9.47 Å². The summed E-state index contributed by atoms with van der Waals surface area (Å²) >= 11 is 0. The molecule has 3 rings (SSSR count). The van der Waals surface area contributed by atoms with E-state index < -0.39 is 12.3 Å². The molecule has 0 saturated heterocycles. The largest absolute Gasteiger partial charge is 0.586 e. The van der Waals surface area contributed by atoms with Crippen LogP contribution >= 0.6 is 0 Å². The molecule has 6 nitrogen and oxygen atoms in total. The molecule has 0 amide bonds. The van der Waals surface area contributed by atoms with E-state index in [0.717, 1.165) is 0 Å². The van der Waals surface area contributed by atoms with Gasteiger partial charge in [-0.15, -0.1) is 8.78 Å². The van der Waals surface area contributed by atoms with Crippen molar-refractivity contribution in [1.82, 2.24) is 5.16 Å². The first-order valence-corrected chi connectivity index (χ1v) is 5.86. The molecule has 0 saturated carbocycles.